The third kappa shape index (κ3) is 4.27. The highest BCUT2D eigenvalue weighted by Crippen LogP contribution is 2.23. The van der Waals surface area contributed by atoms with Gasteiger partial charge in [-0.05, 0) is 61.1 Å². The first-order valence-corrected chi connectivity index (χ1v) is 11.4. The van der Waals surface area contributed by atoms with E-state index in [1.54, 1.807) is 18.2 Å². The van der Waals surface area contributed by atoms with Gasteiger partial charge in [-0.15, -0.1) is 0 Å². The van der Waals surface area contributed by atoms with Crippen molar-refractivity contribution in [2.75, 3.05) is 11.4 Å². The quantitative estimate of drug-likeness (QED) is 0.566. The van der Waals surface area contributed by atoms with Crippen molar-refractivity contribution < 1.29 is 4.79 Å². The van der Waals surface area contributed by atoms with Crippen LogP contribution < -0.4 is 10.5 Å². The van der Waals surface area contributed by atoms with E-state index >= 15 is 0 Å². The van der Waals surface area contributed by atoms with Gasteiger partial charge in [0.15, 0.2) is 0 Å². The Morgan fingerprint density at radius 3 is 2.58 bits per heavy atom. The number of carbonyl (C=O) groups excluding carboxylic acids is 1. The molecular weight excluding hydrogens is 386 g/mol. The first-order chi connectivity index (χ1) is 15.0. The molecule has 1 aromatic heterocycles. The highest BCUT2D eigenvalue weighted by atomic mass is 16.2. The summed E-state index contributed by atoms with van der Waals surface area (Å²) >= 11 is 0. The average molecular weight is 418 g/mol. The second-order valence-electron chi connectivity index (χ2n) is 8.73. The molecule has 0 aliphatic carbocycles. The summed E-state index contributed by atoms with van der Waals surface area (Å²) in [6.45, 7) is 7.76. The van der Waals surface area contributed by atoms with Crippen molar-refractivity contribution in [2.24, 2.45) is 0 Å². The number of benzene rings is 2. The van der Waals surface area contributed by atoms with Gasteiger partial charge >= 0.3 is 0 Å². The van der Waals surface area contributed by atoms with Crippen LogP contribution in [0.5, 0.6) is 0 Å². The van der Waals surface area contributed by atoms with Crippen molar-refractivity contribution in [3.8, 4) is 0 Å². The van der Waals surface area contributed by atoms with E-state index in [9.17, 15) is 9.59 Å². The number of anilines is 1. The lowest BCUT2D eigenvalue weighted by Gasteiger charge is -2.23. The molecule has 31 heavy (non-hydrogen) atoms. The monoisotopic (exact) mass is 417 g/mol. The molecule has 0 spiro atoms. The summed E-state index contributed by atoms with van der Waals surface area (Å²) in [5.74, 6) is 1.23. The Bertz CT molecular complexity index is 1150. The number of aromatic nitrogens is 2. The molecule has 2 aromatic carbocycles. The summed E-state index contributed by atoms with van der Waals surface area (Å²) in [5.41, 5.74) is 3.35. The number of hydrogen-bond donors (Lipinski definition) is 0. The van der Waals surface area contributed by atoms with Crippen molar-refractivity contribution in [3.05, 3.63) is 69.8 Å². The minimum absolute atomic E-state index is 0.00980. The molecule has 0 unspecified atom stereocenters. The van der Waals surface area contributed by atoms with Gasteiger partial charge in [-0.25, -0.2) is 4.98 Å². The molecule has 0 fully saturated rings. The van der Waals surface area contributed by atoms with Crippen LogP contribution in [-0.4, -0.2) is 22.0 Å². The van der Waals surface area contributed by atoms with Gasteiger partial charge in [-0.2, -0.15) is 0 Å². The first kappa shape index (κ1) is 21.3. The Balaban J connectivity index is 1.71. The molecular formula is C26H31N3O2. The molecule has 5 nitrogen and oxygen atoms in total. The van der Waals surface area contributed by atoms with E-state index in [4.69, 9.17) is 4.98 Å². The van der Waals surface area contributed by atoms with Crippen LogP contribution in [0.4, 0.5) is 5.69 Å². The Hall–Kier alpha value is -2.95. The van der Waals surface area contributed by atoms with Gasteiger partial charge in [0, 0.05) is 30.8 Å². The molecule has 3 aromatic rings. The largest absolute Gasteiger partial charge is 0.308 e. The lowest BCUT2D eigenvalue weighted by molar-refractivity contribution is 0.0987. The summed E-state index contributed by atoms with van der Waals surface area (Å²) in [6, 6.07) is 13.5. The maximum Gasteiger partial charge on any atom is 0.261 e. The lowest BCUT2D eigenvalue weighted by atomic mass is 10.0. The molecule has 0 saturated carbocycles. The number of amides is 1. The number of aryl methyl sites for hydroxylation is 1. The Kier molecular flexibility index (Phi) is 6.21. The number of rotatable bonds is 5. The lowest BCUT2D eigenvalue weighted by Crippen LogP contribution is -2.32. The molecule has 1 aliphatic heterocycles. The predicted octanol–water partition coefficient (Wildman–Crippen LogP) is 5.30. The Morgan fingerprint density at radius 2 is 1.87 bits per heavy atom. The molecule has 1 aliphatic rings. The highest BCUT2D eigenvalue weighted by molar-refractivity contribution is 6.07. The second kappa shape index (κ2) is 9.04. The van der Waals surface area contributed by atoms with Gasteiger partial charge in [0.25, 0.3) is 11.5 Å². The number of carbonyl (C=O) groups is 1. The molecule has 0 atom stereocenters. The van der Waals surface area contributed by atoms with Crippen LogP contribution in [0.15, 0.2) is 47.3 Å². The fraction of sp³-hybridized carbons (Fsp3) is 0.423. The van der Waals surface area contributed by atoms with Crippen molar-refractivity contribution >= 4 is 22.5 Å². The topological polar surface area (TPSA) is 55.2 Å². The third-order valence-corrected chi connectivity index (χ3v) is 6.13. The first-order valence-electron chi connectivity index (χ1n) is 11.4. The van der Waals surface area contributed by atoms with Crippen molar-refractivity contribution in [1.82, 2.24) is 9.55 Å². The summed E-state index contributed by atoms with van der Waals surface area (Å²) in [4.78, 5) is 33.0. The van der Waals surface area contributed by atoms with Crippen LogP contribution in [-0.2, 0) is 13.0 Å². The van der Waals surface area contributed by atoms with Crippen LogP contribution >= 0.6 is 0 Å². The van der Waals surface area contributed by atoms with E-state index in [1.807, 2.05) is 21.6 Å². The highest BCUT2D eigenvalue weighted by Gasteiger charge is 2.20. The van der Waals surface area contributed by atoms with Crippen LogP contribution in [0, 0.1) is 0 Å². The second-order valence-corrected chi connectivity index (χ2v) is 8.73. The molecule has 1 amide bonds. The van der Waals surface area contributed by atoms with Gasteiger partial charge < -0.3 is 4.90 Å². The summed E-state index contributed by atoms with van der Waals surface area (Å²) in [7, 11) is 0. The average Bonchev–Trinajstić information content (AvgIpc) is 3.02. The van der Waals surface area contributed by atoms with E-state index in [2.05, 4.69) is 32.9 Å². The molecule has 5 heteroatoms. The minimum Gasteiger partial charge on any atom is -0.308 e. The maximum atomic E-state index is 13.4. The summed E-state index contributed by atoms with van der Waals surface area (Å²) < 4.78 is 1.82. The number of nitrogens with zero attached hydrogens (tertiary/aromatic N) is 3. The van der Waals surface area contributed by atoms with Crippen molar-refractivity contribution in [1.29, 1.82) is 0 Å². The fourth-order valence-corrected chi connectivity index (χ4v) is 4.32. The zero-order valence-corrected chi connectivity index (χ0v) is 18.7. The molecule has 4 rings (SSSR count). The number of hydrogen-bond acceptors (Lipinski definition) is 3. The molecule has 0 N–H and O–H groups in total. The molecule has 0 bridgehead atoms. The van der Waals surface area contributed by atoms with Gasteiger partial charge in [0.2, 0.25) is 0 Å². The van der Waals surface area contributed by atoms with Crippen LogP contribution in [0.25, 0.3) is 10.9 Å². The van der Waals surface area contributed by atoms with E-state index in [0.29, 0.717) is 28.9 Å². The van der Waals surface area contributed by atoms with Crippen LogP contribution in [0.2, 0.25) is 0 Å². The van der Waals surface area contributed by atoms with Gasteiger partial charge in [0.05, 0.1) is 10.9 Å². The normalized spacial score (nSPS) is 13.8. The maximum absolute atomic E-state index is 13.4. The van der Waals surface area contributed by atoms with E-state index in [-0.39, 0.29) is 11.5 Å². The molecule has 0 saturated heterocycles. The van der Waals surface area contributed by atoms with Crippen molar-refractivity contribution in [3.63, 3.8) is 0 Å². The molecule has 162 valence electrons. The van der Waals surface area contributed by atoms with Gasteiger partial charge in [0.1, 0.15) is 5.82 Å². The zero-order chi connectivity index (χ0) is 22.0. The molecule has 2 heterocycles. The zero-order valence-electron chi connectivity index (χ0n) is 18.7. The van der Waals surface area contributed by atoms with E-state index in [0.717, 1.165) is 50.2 Å². The predicted molar refractivity (Wildman–Crippen MR) is 126 cm³/mol. The van der Waals surface area contributed by atoms with E-state index < -0.39 is 0 Å². The fourth-order valence-electron chi connectivity index (χ4n) is 4.32. The van der Waals surface area contributed by atoms with Crippen molar-refractivity contribution in [2.45, 2.75) is 65.3 Å². The number of fused-ring (bicyclic) bond motifs is 2. The summed E-state index contributed by atoms with van der Waals surface area (Å²) in [5, 5.41) is 0.588. The smallest absolute Gasteiger partial charge is 0.261 e. The SMILES string of the molecule is CCCN(C(=O)c1ccc2c(=O)n3c(nc2c1)CCCCC3)c1ccc(C(C)C)cc1. The van der Waals surface area contributed by atoms with Gasteiger partial charge in [-0.1, -0.05) is 39.3 Å². The Morgan fingerprint density at radius 1 is 1.10 bits per heavy atom. The molecule has 0 radical (unpaired) electrons. The van der Waals surface area contributed by atoms with E-state index in [1.165, 1.54) is 5.56 Å². The van der Waals surface area contributed by atoms with Gasteiger partial charge in [-0.3, -0.25) is 14.2 Å². The van der Waals surface area contributed by atoms with Crippen LogP contribution in [0.1, 0.15) is 74.1 Å². The van der Waals surface area contributed by atoms with Crippen LogP contribution in [0.3, 0.4) is 0 Å². The third-order valence-electron chi connectivity index (χ3n) is 6.13. The standard InChI is InChI=1S/C26H31N3O2/c1-4-15-28(21-12-9-19(10-13-21)18(2)3)25(30)20-11-14-22-23(17-20)27-24-8-6-5-7-16-29(24)26(22)31/h9-14,17-18H,4-8,15-16H2,1-3H3. The Labute approximate surface area is 183 Å². The summed E-state index contributed by atoms with van der Waals surface area (Å²) in [6.07, 6.45) is 4.85. The minimum atomic E-state index is -0.0575.